The van der Waals surface area contributed by atoms with Gasteiger partial charge >= 0.3 is 5.97 Å². The number of carboxylic acids is 1. The lowest BCUT2D eigenvalue weighted by Crippen LogP contribution is -2.36. The highest BCUT2D eigenvalue weighted by molar-refractivity contribution is 5.85. The molecule has 0 saturated carbocycles. The topological polar surface area (TPSA) is 40.5 Å². The second-order valence-electron chi connectivity index (χ2n) is 6.32. The third kappa shape index (κ3) is 4.93. The van der Waals surface area contributed by atoms with Crippen molar-refractivity contribution in [1.82, 2.24) is 4.90 Å². The van der Waals surface area contributed by atoms with Gasteiger partial charge in [-0.2, -0.15) is 0 Å². The SMILES string of the molecule is Cl.O=C(O)[C@@H]1C[C@H](F)CN1CCC=C(c1ccccc1)c1ccccc1. The van der Waals surface area contributed by atoms with Gasteiger partial charge in [-0.25, -0.2) is 4.39 Å². The molecule has 0 radical (unpaired) electrons. The van der Waals surface area contributed by atoms with Gasteiger partial charge in [0.05, 0.1) is 0 Å². The minimum absolute atomic E-state index is 0. The lowest BCUT2D eigenvalue weighted by molar-refractivity contribution is -0.142. The number of nitrogens with zero attached hydrogens (tertiary/aromatic N) is 1. The Morgan fingerprint density at radius 2 is 1.62 bits per heavy atom. The van der Waals surface area contributed by atoms with Crippen LogP contribution in [0.4, 0.5) is 4.39 Å². The van der Waals surface area contributed by atoms with E-state index in [0.717, 1.165) is 16.7 Å². The van der Waals surface area contributed by atoms with E-state index in [4.69, 9.17) is 0 Å². The summed E-state index contributed by atoms with van der Waals surface area (Å²) in [6, 6.07) is 19.5. The maximum atomic E-state index is 13.6. The zero-order chi connectivity index (χ0) is 17.6. The maximum Gasteiger partial charge on any atom is 0.321 e. The average Bonchev–Trinajstić information content (AvgIpc) is 3.01. The Bertz CT molecular complexity index is 695. The lowest BCUT2D eigenvalue weighted by Gasteiger charge is -2.20. The molecule has 0 unspecified atom stereocenters. The van der Waals surface area contributed by atoms with Gasteiger partial charge in [-0.15, -0.1) is 12.4 Å². The van der Waals surface area contributed by atoms with Crippen molar-refractivity contribution in [2.24, 2.45) is 0 Å². The van der Waals surface area contributed by atoms with Crippen LogP contribution in [0.25, 0.3) is 5.57 Å². The molecule has 3 rings (SSSR count). The van der Waals surface area contributed by atoms with Crippen molar-refractivity contribution in [2.45, 2.75) is 25.1 Å². The number of hydrogen-bond acceptors (Lipinski definition) is 2. The van der Waals surface area contributed by atoms with Gasteiger partial charge in [0.2, 0.25) is 0 Å². The first-order valence-corrected chi connectivity index (χ1v) is 8.57. The Morgan fingerprint density at radius 1 is 1.08 bits per heavy atom. The van der Waals surface area contributed by atoms with Gasteiger partial charge in [-0.1, -0.05) is 66.7 Å². The second kappa shape index (κ2) is 9.51. The molecule has 26 heavy (non-hydrogen) atoms. The predicted molar refractivity (Wildman–Crippen MR) is 104 cm³/mol. The van der Waals surface area contributed by atoms with Crippen molar-refractivity contribution in [3.63, 3.8) is 0 Å². The van der Waals surface area contributed by atoms with E-state index in [1.807, 2.05) is 36.4 Å². The van der Waals surface area contributed by atoms with Crippen LogP contribution in [0.3, 0.4) is 0 Å². The minimum atomic E-state index is -1.05. The van der Waals surface area contributed by atoms with E-state index in [1.54, 1.807) is 4.90 Å². The van der Waals surface area contributed by atoms with Crippen molar-refractivity contribution in [3.8, 4) is 0 Å². The van der Waals surface area contributed by atoms with Gasteiger partial charge in [-0.05, 0) is 23.1 Å². The number of halogens is 2. The summed E-state index contributed by atoms with van der Waals surface area (Å²) in [4.78, 5) is 13.0. The highest BCUT2D eigenvalue weighted by Crippen LogP contribution is 2.25. The quantitative estimate of drug-likeness (QED) is 0.812. The van der Waals surface area contributed by atoms with Crippen LogP contribution in [-0.2, 0) is 4.79 Å². The monoisotopic (exact) mass is 375 g/mol. The lowest BCUT2D eigenvalue weighted by atomic mass is 9.97. The Labute approximate surface area is 159 Å². The predicted octanol–water partition coefficient (Wildman–Crippen LogP) is 4.43. The summed E-state index contributed by atoms with van der Waals surface area (Å²) in [6.45, 7) is 0.747. The summed E-state index contributed by atoms with van der Waals surface area (Å²) >= 11 is 0. The number of rotatable bonds is 6. The molecule has 2 aromatic rings. The van der Waals surface area contributed by atoms with Gasteiger partial charge in [-0.3, -0.25) is 9.69 Å². The fourth-order valence-corrected chi connectivity index (χ4v) is 3.36. The Morgan fingerprint density at radius 3 is 2.12 bits per heavy atom. The van der Waals surface area contributed by atoms with Crippen LogP contribution in [0.5, 0.6) is 0 Å². The molecule has 1 aliphatic rings. The molecule has 2 atom stereocenters. The van der Waals surface area contributed by atoms with E-state index in [1.165, 1.54) is 0 Å². The number of likely N-dealkylation sites (tertiary alicyclic amines) is 1. The van der Waals surface area contributed by atoms with Gasteiger partial charge in [0.1, 0.15) is 12.2 Å². The standard InChI is InChI=1S/C21H22FNO2.ClH/c22-18-14-20(21(24)25)23(15-18)13-7-12-19(16-8-3-1-4-9-16)17-10-5-2-6-11-17;/h1-6,8-12,18,20H,7,13-15H2,(H,24,25);1H/t18-,20-;/m0./s1. The molecule has 0 bridgehead atoms. The van der Waals surface area contributed by atoms with E-state index >= 15 is 0 Å². The number of aliphatic carboxylic acids is 1. The van der Waals surface area contributed by atoms with E-state index in [-0.39, 0.29) is 25.4 Å². The zero-order valence-electron chi connectivity index (χ0n) is 14.4. The average molecular weight is 376 g/mol. The summed E-state index contributed by atoms with van der Waals surface area (Å²) in [5.74, 6) is -0.935. The molecule has 0 amide bonds. The molecule has 138 valence electrons. The molecule has 1 saturated heterocycles. The Hall–Kier alpha value is -2.17. The van der Waals surface area contributed by atoms with Crippen LogP contribution in [-0.4, -0.2) is 41.3 Å². The normalized spacial score (nSPS) is 19.6. The summed E-state index contributed by atoms with van der Waals surface area (Å²) in [5, 5.41) is 9.24. The van der Waals surface area contributed by atoms with Crippen LogP contribution < -0.4 is 0 Å². The molecule has 1 aliphatic heterocycles. The zero-order valence-corrected chi connectivity index (χ0v) is 15.2. The number of alkyl halides is 1. The molecular formula is C21H23ClFNO2. The molecule has 2 aromatic carbocycles. The summed E-state index contributed by atoms with van der Waals surface area (Å²) in [7, 11) is 0. The largest absolute Gasteiger partial charge is 0.480 e. The van der Waals surface area contributed by atoms with E-state index in [2.05, 4.69) is 30.3 Å². The Kier molecular flexibility index (Phi) is 7.37. The van der Waals surface area contributed by atoms with Crippen molar-refractivity contribution in [3.05, 3.63) is 77.9 Å². The molecule has 0 aliphatic carbocycles. The van der Waals surface area contributed by atoms with E-state index in [9.17, 15) is 14.3 Å². The third-order valence-electron chi connectivity index (χ3n) is 4.57. The molecule has 1 heterocycles. The smallest absolute Gasteiger partial charge is 0.321 e. The fraction of sp³-hybridized carbons (Fsp3) is 0.286. The van der Waals surface area contributed by atoms with Crippen LogP contribution in [0.2, 0.25) is 0 Å². The molecule has 0 aromatic heterocycles. The van der Waals surface area contributed by atoms with Crippen LogP contribution in [0.1, 0.15) is 24.0 Å². The molecule has 1 fully saturated rings. The minimum Gasteiger partial charge on any atom is -0.480 e. The van der Waals surface area contributed by atoms with Gasteiger partial charge in [0, 0.05) is 19.5 Å². The number of carbonyl (C=O) groups is 1. The van der Waals surface area contributed by atoms with Gasteiger partial charge in [0.25, 0.3) is 0 Å². The molecule has 1 N–H and O–H groups in total. The van der Waals surface area contributed by atoms with Gasteiger partial charge < -0.3 is 5.11 Å². The fourth-order valence-electron chi connectivity index (χ4n) is 3.36. The highest BCUT2D eigenvalue weighted by Gasteiger charge is 2.36. The first-order valence-electron chi connectivity index (χ1n) is 8.57. The number of carboxylic acid groups (broad SMARTS) is 1. The summed E-state index contributed by atoms with van der Waals surface area (Å²) in [5.41, 5.74) is 3.35. The van der Waals surface area contributed by atoms with Gasteiger partial charge in [0.15, 0.2) is 0 Å². The van der Waals surface area contributed by atoms with Crippen molar-refractivity contribution < 1.29 is 14.3 Å². The van der Waals surface area contributed by atoms with Crippen molar-refractivity contribution >= 4 is 23.9 Å². The number of hydrogen-bond donors (Lipinski definition) is 1. The van der Waals surface area contributed by atoms with Crippen LogP contribution in [0.15, 0.2) is 66.7 Å². The van der Waals surface area contributed by atoms with Crippen LogP contribution in [0, 0.1) is 0 Å². The number of benzene rings is 2. The third-order valence-corrected chi connectivity index (χ3v) is 4.57. The Balaban J connectivity index is 0.00000243. The molecular weight excluding hydrogens is 353 g/mol. The van der Waals surface area contributed by atoms with E-state index < -0.39 is 18.2 Å². The summed E-state index contributed by atoms with van der Waals surface area (Å²) in [6.07, 6.45) is 1.83. The maximum absolute atomic E-state index is 13.6. The van der Waals surface area contributed by atoms with E-state index in [0.29, 0.717) is 13.0 Å². The molecule has 5 heteroatoms. The summed E-state index contributed by atoms with van der Waals surface area (Å²) < 4.78 is 13.6. The molecule has 0 spiro atoms. The van der Waals surface area contributed by atoms with Crippen molar-refractivity contribution in [1.29, 1.82) is 0 Å². The second-order valence-corrected chi connectivity index (χ2v) is 6.32. The first kappa shape index (κ1) is 20.1. The van der Waals surface area contributed by atoms with Crippen LogP contribution >= 0.6 is 12.4 Å². The van der Waals surface area contributed by atoms with Crippen molar-refractivity contribution in [2.75, 3.05) is 13.1 Å². The first-order chi connectivity index (χ1) is 12.1. The molecule has 3 nitrogen and oxygen atoms in total. The highest BCUT2D eigenvalue weighted by atomic mass is 35.5.